The largest absolute Gasteiger partial charge is 0.467 e. The van der Waals surface area contributed by atoms with E-state index in [1.165, 1.54) is 11.3 Å². The fourth-order valence-corrected chi connectivity index (χ4v) is 2.68. The molecule has 0 bridgehead atoms. The monoisotopic (exact) mass is 270 g/mol. The first-order valence-corrected chi connectivity index (χ1v) is 6.87. The fraction of sp³-hybridized carbons (Fsp3) is 0.312. The molecule has 1 amide bonds. The van der Waals surface area contributed by atoms with Crippen LogP contribution in [0.15, 0.2) is 47.1 Å². The van der Waals surface area contributed by atoms with Crippen molar-refractivity contribution in [3.63, 3.8) is 0 Å². The number of carbonyl (C=O) groups excluding carboxylic acids is 1. The zero-order valence-corrected chi connectivity index (χ0v) is 11.5. The van der Waals surface area contributed by atoms with Crippen molar-refractivity contribution in [3.05, 3.63) is 54.0 Å². The summed E-state index contributed by atoms with van der Waals surface area (Å²) in [7, 11) is 0. The van der Waals surface area contributed by atoms with Crippen LogP contribution in [0.1, 0.15) is 18.2 Å². The molecule has 1 unspecified atom stereocenters. The average molecular weight is 270 g/mol. The van der Waals surface area contributed by atoms with Crippen molar-refractivity contribution in [3.8, 4) is 0 Å². The highest BCUT2D eigenvalue weighted by atomic mass is 16.3. The van der Waals surface area contributed by atoms with Gasteiger partial charge >= 0.3 is 0 Å². The number of carbonyl (C=O) groups is 1. The number of nitrogens with one attached hydrogen (secondary N) is 1. The Bertz CT molecular complexity index is 592. The summed E-state index contributed by atoms with van der Waals surface area (Å²) in [6, 6.07) is 12.3. The molecule has 0 spiro atoms. The Hall–Kier alpha value is -2.23. The second-order valence-corrected chi connectivity index (χ2v) is 5.17. The molecule has 0 aliphatic carbocycles. The van der Waals surface area contributed by atoms with E-state index in [-0.39, 0.29) is 5.91 Å². The van der Waals surface area contributed by atoms with Gasteiger partial charge in [-0.2, -0.15) is 0 Å². The van der Waals surface area contributed by atoms with Gasteiger partial charge in [0.1, 0.15) is 5.76 Å². The molecule has 0 saturated heterocycles. The highest BCUT2D eigenvalue weighted by Gasteiger charge is 2.26. The molecule has 1 atom stereocenters. The second kappa shape index (κ2) is 5.41. The number of para-hydroxylation sites is 1. The molecule has 4 heteroatoms. The van der Waals surface area contributed by atoms with Gasteiger partial charge < -0.3 is 14.6 Å². The van der Waals surface area contributed by atoms with Gasteiger partial charge in [0.05, 0.1) is 19.4 Å². The van der Waals surface area contributed by atoms with Crippen LogP contribution >= 0.6 is 0 Å². The van der Waals surface area contributed by atoms with Crippen molar-refractivity contribution >= 4 is 11.6 Å². The molecular formula is C16H18N2O2. The van der Waals surface area contributed by atoms with E-state index >= 15 is 0 Å². The van der Waals surface area contributed by atoms with E-state index in [9.17, 15) is 4.79 Å². The molecule has 0 fully saturated rings. The van der Waals surface area contributed by atoms with Gasteiger partial charge in [-0.3, -0.25) is 4.79 Å². The van der Waals surface area contributed by atoms with Crippen molar-refractivity contribution in [2.24, 2.45) is 0 Å². The molecule has 1 aromatic carbocycles. The van der Waals surface area contributed by atoms with Crippen molar-refractivity contribution in [1.82, 2.24) is 5.32 Å². The minimum Gasteiger partial charge on any atom is -0.467 e. The van der Waals surface area contributed by atoms with Gasteiger partial charge in [0.25, 0.3) is 0 Å². The second-order valence-electron chi connectivity index (χ2n) is 5.17. The lowest BCUT2D eigenvalue weighted by molar-refractivity contribution is -0.120. The van der Waals surface area contributed by atoms with Crippen LogP contribution < -0.4 is 10.2 Å². The summed E-state index contributed by atoms with van der Waals surface area (Å²) in [6.45, 7) is 2.98. The van der Waals surface area contributed by atoms with Crippen molar-refractivity contribution < 1.29 is 9.21 Å². The minimum absolute atomic E-state index is 0.0185. The molecule has 1 aliphatic rings. The number of hydrogen-bond acceptors (Lipinski definition) is 3. The van der Waals surface area contributed by atoms with E-state index < -0.39 is 0 Å². The maximum atomic E-state index is 12.1. The van der Waals surface area contributed by atoms with Crippen LogP contribution in [0, 0.1) is 0 Å². The molecule has 4 nitrogen and oxygen atoms in total. The number of hydrogen-bond donors (Lipinski definition) is 1. The van der Waals surface area contributed by atoms with Crippen molar-refractivity contribution in [1.29, 1.82) is 0 Å². The number of rotatable bonds is 4. The molecule has 104 valence electrons. The van der Waals surface area contributed by atoms with E-state index in [1.54, 1.807) is 6.26 Å². The third kappa shape index (κ3) is 2.54. The summed E-state index contributed by atoms with van der Waals surface area (Å²) in [5.74, 6) is 0.790. The maximum Gasteiger partial charge on any atom is 0.239 e. The highest BCUT2D eigenvalue weighted by Crippen LogP contribution is 2.31. The molecular weight excluding hydrogens is 252 g/mol. The zero-order chi connectivity index (χ0) is 13.9. The molecule has 3 rings (SSSR count). The van der Waals surface area contributed by atoms with Crippen LogP contribution in [0.5, 0.6) is 0 Å². The van der Waals surface area contributed by atoms with Gasteiger partial charge in [-0.25, -0.2) is 0 Å². The summed E-state index contributed by atoms with van der Waals surface area (Å²) in [6.07, 6.45) is 2.61. The lowest BCUT2D eigenvalue weighted by Gasteiger charge is -2.24. The van der Waals surface area contributed by atoms with Crippen LogP contribution in [0.25, 0.3) is 0 Å². The van der Waals surface area contributed by atoms with E-state index in [0.717, 1.165) is 12.2 Å². The number of amides is 1. The number of benzene rings is 1. The number of fused-ring (bicyclic) bond motifs is 1. The van der Waals surface area contributed by atoms with Gasteiger partial charge in [-0.05, 0) is 37.1 Å². The molecule has 0 saturated carbocycles. The zero-order valence-electron chi connectivity index (χ0n) is 11.5. The summed E-state index contributed by atoms with van der Waals surface area (Å²) in [4.78, 5) is 14.2. The number of nitrogens with zero attached hydrogens (tertiary/aromatic N) is 1. The van der Waals surface area contributed by atoms with Gasteiger partial charge in [0, 0.05) is 11.7 Å². The smallest absolute Gasteiger partial charge is 0.239 e. The Morgan fingerprint density at radius 1 is 1.35 bits per heavy atom. The van der Waals surface area contributed by atoms with Gasteiger partial charge in [-0.15, -0.1) is 0 Å². The van der Waals surface area contributed by atoms with Crippen molar-refractivity contribution in [2.45, 2.75) is 25.9 Å². The van der Waals surface area contributed by atoms with Crippen LogP contribution in [0.3, 0.4) is 0 Å². The Morgan fingerprint density at radius 2 is 2.20 bits per heavy atom. The van der Waals surface area contributed by atoms with E-state index in [2.05, 4.69) is 29.3 Å². The molecule has 1 N–H and O–H groups in total. The molecule has 2 aromatic rings. The summed E-state index contributed by atoms with van der Waals surface area (Å²) in [5.41, 5.74) is 2.49. The summed E-state index contributed by atoms with van der Waals surface area (Å²) >= 11 is 0. The van der Waals surface area contributed by atoms with Crippen LogP contribution in [0.2, 0.25) is 0 Å². The third-order valence-electron chi connectivity index (χ3n) is 3.70. The highest BCUT2D eigenvalue weighted by molar-refractivity contribution is 5.82. The van der Waals surface area contributed by atoms with E-state index in [0.29, 0.717) is 19.1 Å². The molecule has 20 heavy (non-hydrogen) atoms. The first-order valence-electron chi connectivity index (χ1n) is 6.87. The molecule has 0 radical (unpaired) electrons. The fourth-order valence-electron chi connectivity index (χ4n) is 2.68. The lowest BCUT2D eigenvalue weighted by Crippen LogP contribution is -2.39. The average Bonchev–Trinajstić information content (AvgIpc) is 3.06. The molecule has 2 heterocycles. The SMILES string of the molecule is CC1Cc2ccccc2N1CC(=O)NCc1ccco1. The van der Waals surface area contributed by atoms with E-state index in [4.69, 9.17) is 4.42 Å². The Labute approximate surface area is 118 Å². The topological polar surface area (TPSA) is 45.5 Å². The van der Waals surface area contributed by atoms with Crippen LogP contribution in [0.4, 0.5) is 5.69 Å². The van der Waals surface area contributed by atoms with Crippen LogP contribution in [-0.4, -0.2) is 18.5 Å². The standard InChI is InChI=1S/C16H18N2O2/c1-12-9-13-5-2-3-7-15(13)18(12)11-16(19)17-10-14-6-4-8-20-14/h2-8,12H,9-11H2,1H3,(H,17,19). The maximum absolute atomic E-state index is 12.1. The minimum atomic E-state index is 0.0185. The Balaban J connectivity index is 1.61. The van der Waals surface area contributed by atoms with Crippen molar-refractivity contribution in [2.75, 3.05) is 11.4 Å². The third-order valence-corrected chi connectivity index (χ3v) is 3.70. The molecule has 1 aromatic heterocycles. The normalized spacial score (nSPS) is 17.1. The molecule has 1 aliphatic heterocycles. The predicted molar refractivity (Wildman–Crippen MR) is 77.5 cm³/mol. The summed E-state index contributed by atoms with van der Waals surface area (Å²) < 4.78 is 5.20. The lowest BCUT2D eigenvalue weighted by atomic mass is 10.1. The van der Waals surface area contributed by atoms with Gasteiger partial charge in [0.2, 0.25) is 5.91 Å². The van der Waals surface area contributed by atoms with Gasteiger partial charge in [0.15, 0.2) is 0 Å². The Morgan fingerprint density at radius 3 is 3.00 bits per heavy atom. The quantitative estimate of drug-likeness (QED) is 0.927. The predicted octanol–water partition coefficient (Wildman–Crippen LogP) is 2.35. The number of furan rings is 1. The number of anilines is 1. The first kappa shape index (κ1) is 12.8. The Kier molecular flexibility index (Phi) is 3.46. The van der Waals surface area contributed by atoms with E-state index in [1.807, 2.05) is 24.3 Å². The van der Waals surface area contributed by atoms with Gasteiger partial charge in [-0.1, -0.05) is 18.2 Å². The first-order chi connectivity index (χ1) is 9.74. The summed E-state index contributed by atoms with van der Waals surface area (Å²) in [5, 5.41) is 2.89. The van der Waals surface area contributed by atoms with Crippen LogP contribution in [-0.2, 0) is 17.8 Å².